The van der Waals surface area contributed by atoms with Crippen molar-refractivity contribution < 1.29 is 5.11 Å². The highest BCUT2D eigenvalue weighted by Crippen LogP contribution is 2.03. The van der Waals surface area contributed by atoms with Gasteiger partial charge in [0, 0.05) is 0 Å². The van der Waals surface area contributed by atoms with Crippen LogP contribution in [-0.4, -0.2) is 13.9 Å². The average Bonchev–Trinajstić information content (AvgIpc) is 1.88. The number of para-hydroxylation sites is 1. The van der Waals surface area contributed by atoms with Crippen molar-refractivity contribution in [3.8, 4) is 5.75 Å². The molecule has 0 unspecified atom stereocenters. The molecule has 0 radical (unpaired) electrons. The Kier molecular flexibility index (Phi) is 2.12. The number of hydrogen-bond donors (Lipinski definition) is 1. The monoisotopic (exact) mass is 152 g/mol. The number of phenolic OH excluding ortho intramolecular Hbond substituents is 1. The van der Waals surface area contributed by atoms with Crippen LogP contribution in [0.5, 0.6) is 5.75 Å². The largest absolute Gasteiger partial charge is 0.508 e. The summed E-state index contributed by atoms with van der Waals surface area (Å²) in [5, 5.41) is 10.5. The topological polar surface area (TPSA) is 20.2 Å². The van der Waals surface area contributed by atoms with Gasteiger partial charge in [-0.3, -0.25) is 0 Å². The predicted octanol–water partition coefficient (Wildman–Crippen LogP) is 1.09. The van der Waals surface area contributed by atoms with Crippen LogP contribution >= 0.6 is 0 Å². The summed E-state index contributed by atoms with van der Waals surface area (Å²) in [5.41, 5.74) is 0. The van der Waals surface area contributed by atoms with Gasteiger partial charge < -0.3 is 5.11 Å². The van der Waals surface area contributed by atoms with Crippen LogP contribution in [0.2, 0.25) is 13.1 Å². The van der Waals surface area contributed by atoms with Gasteiger partial charge in [-0.25, -0.2) is 0 Å². The summed E-state index contributed by atoms with van der Waals surface area (Å²) in [6.07, 6.45) is 0. The lowest BCUT2D eigenvalue weighted by molar-refractivity contribution is 0.479. The first kappa shape index (κ1) is 7.35. The summed E-state index contributed by atoms with van der Waals surface area (Å²) in [5.74, 6) is 0.462. The zero-order valence-corrected chi connectivity index (χ0v) is 7.49. The fourth-order valence-corrected chi connectivity index (χ4v) is 2.16. The van der Waals surface area contributed by atoms with Gasteiger partial charge in [0.2, 0.25) is 0 Å². The highest BCUT2D eigenvalue weighted by Gasteiger charge is 2.03. The van der Waals surface area contributed by atoms with E-state index < -0.39 is 8.80 Å². The second-order valence-electron chi connectivity index (χ2n) is 2.71. The Morgan fingerprint density at radius 3 is 2.20 bits per heavy atom. The van der Waals surface area contributed by atoms with Crippen molar-refractivity contribution in [3.63, 3.8) is 0 Å². The number of rotatable bonds is 1. The number of aromatic hydroxyl groups is 1. The van der Waals surface area contributed by atoms with Crippen LogP contribution in [0.1, 0.15) is 0 Å². The summed E-state index contributed by atoms with van der Waals surface area (Å²) in [4.78, 5) is 0. The van der Waals surface area contributed by atoms with E-state index in [1.165, 1.54) is 0 Å². The van der Waals surface area contributed by atoms with E-state index in [9.17, 15) is 5.11 Å². The Morgan fingerprint density at radius 1 is 1.20 bits per heavy atom. The van der Waals surface area contributed by atoms with Gasteiger partial charge >= 0.3 is 0 Å². The standard InChI is InChI=1S/C8H12OSi/c1-10(2)8-6-4-3-5-7(8)9/h3-6,9-10H,1-2H3. The van der Waals surface area contributed by atoms with Crippen molar-refractivity contribution in [2.24, 2.45) is 0 Å². The first-order chi connectivity index (χ1) is 4.72. The van der Waals surface area contributed by atoms with E-state index in [4.69, 9.17) is 0 Å². The maximum atomic E-state index is 9.32. The Balaban J connectivity index is 3.03. The summed E-state index contributed by atoms with van der Waals surface area (Å²) in [6.45, 7) is 4.41. The normalized spacial score (nSPS) is 10.3. The molecule has 0 bridgehead atoms. The zero-order chi connectivity index (χ0) is 7.56. The van der Waals surface area contributed by atoms with E-state index in [-0.39, 0.29) is 0 Å². The van der Waals surface area contributed by atoms with Gasteiger partial charge in [0.15, 0.2) is 0 Å². The van der Waals surface area contributed by atoms with Crippen LogP contribution in [0.15, 0.2) is 24.3 Å². The molecule has 54 valence electrons. The zero-order valence-electron chi connectivity index (χ0n) is 6.33. The third-order valence-corrected chi connectivity index (χ3v) is 3.29. The van der Waals surface area contributed by atoms with E-state index >= 15 is 0 Å². The second kappa shape index (κ2) is 2.88. The molecule has 1 N–H and O–H groups in total. The number of phenols is 1. The van der Waals surface area contributed by atoms with Crippen LogP contribution in [0.25, 0.3) is 0 Å². The molecule has 0 atom stereocenters. The van der Waals surface area contributed by atoms with Crippen LogP contribution in [0, 0.1) is 0 Å². The SMILES string of the molecule is C[SiH](C)c1ccccc1O. The van der Waals surface area contributed by atoms with Gasteiger partial charge in [-0.2, -0.15) is 0 Å². The lowest BCUT2D eigenvalue weighted by Crippen LogP contribution is -2.22. The molecule has 0 fully saturated rings. The number of hydrogen-bond acceptors (Lipinski definition) is 1. The molecule has 10 heavy (non-hydrogen) atoms. The molecule has 0 amide bonds. The van der Waals surface area contributed by atoms with Gasteiger partial charge in [0.25, 0.3) is 0 Å². The molecule has 1 aromatic rings. The Morgan fingerprint density at radius 2 is 1.80 bits per heavy atom. The molecule has 0 aliphatic carbocycles. The summed E-state index contributed by atoms with van der Waals surface area (Å²) < 4.78 is 0. The number of benzene rings is 1. The minimum Gasteiger partial charge on any atom is -0.508 e. The molecule has 1 nitrogen and oxygen atoms in total. The van der Waals surface area contributed by atoms with Crippen molar-refractivity contribution in [2.45, 2.75) is 13.1 Å². The molecule has 0 heterocycles. The van der Waals surface area contributed by atoms with Crippen LogP contribution in [-0.2, 0) is 0 Å². The Labute approximate surface area is 62.9 Å². The van der Waals surface area contributed by atoms with Crippen molar-refractivity contribution >= 4 is 14.0 Å². The maximum Gasteiger partial charge on any atom is 0.114 e. The van der Waals surface area contributed by atoms with Crippen molar-refractivity contribution in [3.05, 3.63) is 24.3 Å². The minimum absolute atomic E-state index is 0.462. The lowest BCUT2D eigenvalue weighted by atomic mass is 10.3. The van der Waals surface area contributed by atoms with Crippen molar-refractivity contribution in [1.82, 2.24) is 0 Å². The van der Waals surface area contributed by atoms with Crippen LogP contribution in [0.4, 0.5) is 0 Å². The summed E-state index contributed by atoms with van der Waals surface area (Å²) in [6, 6.07) is 7.59. The average molecular weight is 152 g/mol. The lowest BCUT2D eigenvalue weighted by Gasteiger charge is -2.04. The van der Waals surface area contributed by atoms with Crippen LogP contribution < -0.4 is 5.19 Å². The highest BCUT2D eigenvalue weighted by molar-refractivity contribution is 6.71. The Bertz CT molecular complexity index is 220. The molecule has 2 heteroatoms. The fourth-order valence-electron chi connectivity index (χ4n) is 0.976. The van der Waals surface area contributed by atoms with Gasteiger partial charge in [0.1, 0.15) is 5.75 Å². The van der Waals surface area contributed by atoms with E-state index in [1.807, 2.05) is 18.2 Å². The fraction of sp³-hybridized carbons (Fsp3) is 0.250. The molecule has 0 aliphatic heterocycles. The quantitative estimate of drug-likeness (QED) is 0.597. The molecule has 1 aromatic carbocycles. The molecule has 0 aromatic heterocycles. The third kappa shape index (κ3) is 1.39. The predicted molar refractivity (Wildman–Crippen MR) is 46.6 cm³/mol. The molecule has 0 saturated carbocycles. The minimum atomic E-state index is -0.818. The van der Waals surface area contributed by atoms with Crippen LogP contribution in [0.3, 0.4) is 0 Å². The third-order valence-electron chi connectivity index (χ3n) is 1.56. The van der Waals surface area contributed by atoms with E-state index in [1.54, 1.807) is 6.07 Å². The van der Waals surface area contributed by atoms with Crippen molar-refractivity contribution in [1.29, 1.82) is 0 Å². The molecular weight excluding hydrogens is 140 g/mol. The molecular formula is C8H12OSi. The van der Waals surface area contributed by atoms with E-state index in [0.717, 1.165) is 5.19 Å². The van der Waals surface area contributed by atoms with Gasteiger partial charge in [-0.15, -0.1) is 0 Å². The molecule has 0 aliphatic rings. The first-order valence-corrected chi connectivity index (χ1v) is 6.38. The summed E-state index contributed by atoms with van der Waals surface area (Å²) >= 11 is 0. The molecule has 0 saturated heterocycles. The molecule has 0 spiro atoms. The summed E-state index contributed by atoms with van der Waals surface area (Å²) in [7, 11) is -0.818. The first-order valence-electron chi connectivity index (χ1n) is 3.49. The molecule has 1 rings (SSSR count). The smallest absolute Gasteiger partial charge is 0.114 e. The second-order valence-corrected chi connectivity index (χ2v) is 5.64. The van der Waals surface area contributed by atoms with Crippen molar-refractivity contribution in [2.75, 3.05) is 0 Å². The Hall–Kier alpha value is -0.763. The highest BCUT2D eigenvalue weighted by atomic mass is 28.3. The van der Waals surface area contributed by atoms with Gasteiger partial charge in [-0.05, 0) is 11.3 Å². The van der Waals surface area contributed by atoms with E-state index in [0.29, 0.717) is 5.75 Å². The van der Waals surface area contributed by atoms with E-state index in [2.05, 4.69) is 13.1 Å². The maximum absolute atomic E-state index is 9.32. The van der Waals surface area contributed by atoms with Gasteiger partial charge in [0.05, 0.1) is 8.80 Å². The van der Waals surface area contributed by atoms with Gasteiger partial charge in [-0.1, -0.05) is 31.3 Å².